The van der Waals surface area contributed by atoms with E-state index in [1.54, 1.807) is 41.5 Å². The Bertz CT molecular complexity index is 677. The number of nitrogens with zero attached hydrogens (tertiary/aromatic N) is 1. The lowest BCUT2D eigenvalue weighted by molar-refractivity contribution is -0.163. The molecular formula is C17H27N3O8. The summed E-state index contributed by atoms with van der Waals surface area (Å²) in [5, 5.41) is 2.30. The zero-order valence-electron chi connectivity index (χ0n) is 17.1. The Kier molecular flexibility index (Phi) is 6.65. The van der Waals surface area contributed by atoms with Crippen molar-refractivity contribution < 1.29 is 38.2 Å². The molecule has 0 aromatic rings. The van der Waals surface area contributed by atoms with Crippen molar-refractivity contribution in [3.8, 4) is 0 Å². The minimum Gasteiger partial charge on any atom is -0.464 e. The molecule has 1 rings (SSSR count). The zero-order valence-corrected chi connectivity index (χ0v) is 17.1. The molecule has 0 unspecified atom stereocenters. The van der Waals surface area contributed by atoms with Crippen molar-refractivity contribution in [1.82, 2.24) is 15.8 Å². The van der Waals surface area contributed by atoms with Gasteiger partial charge < -0.3 is 14.2 Å². The van der Waals surface area contributed by atoms with Gasteiger partial charge in [0, 0.05) is 0 Å². The third kappa shape index (κ3) is 5.57. The van der Waals surface area contributed by atoms with Crippen molar-refractivity contribution >= 4 is 30.0 Å². The Morgan fingerprint density at radius 1 is 1.07 bits per heavy atom. The summed E-state index contributed by atoms with van der Waals surface area (Å²) in [5.41, 5.74) is -2.38. The fourth-order valence-electron chi connectivity index (χ4n) is 2.27. The third-order valence-corrected chi connectivity index (χ3v) is 3.22. The molecule has 1 saturated heterocycles. The molecule has 1 heterocycles. The monoisotopic (exact) mass is 401 g/mol. The van der Waals surface area contributed by atoms with Crippen molar-refractivity contribution in [3.05, 3.63) is 0 Å². The predicted molar refractivity (Wildman–Crippen MR) is 94.6 cm³/mol. The first-order valence-electron chi connectivity index (χ1n) is 8.66. The van der Waals surface area contributed by atoms with Gasteiger partial charge >= 0.3 is 18.2 Å². The van der Waals surface area contributed by atoms with Crippen LogP contribution >= 0.6 is 0 Å². The minimum absolute atomic E-state index is 0.128. The Hall–Kier alpha value is -2.85. The molecule has 0 aliphatic carbocycles. The van der Waals surface area contributed by atoms with E-state index in [4.69, 9.17) is 14.2 Å². The summed E-state index contributed by atoms with van der Waals surface area (Å²) in [6.45, 7) is 10.7. The number of amides is 4. The van der Waals surface area contributed by atoms with Crippen molar-refractivity contribution in [2.24, 2.45) is 0 Å². The van der Waals surface area contributed by atoms with Crippen LogP contribution in [0, 0.1) is 0 Å². The van der Waals surface area contributed by atoms with Crippen LogP contribution in [0.25, 0.3) is 0 Å². The maximum absolute atomic E-state index is 12.7. The van der Waals surface area contributed by atoms with Crippen molar-refractivity contribution in [2.75, 3.05) is 6.61 Å². The Morgan fingerprint density at radius 3 is 2.00 bits per heavy atom. The van der Waals surface area contributed by atoms with Gasteiger partial charge in [-0.2, -0.15) is 5.01 Å². The number of imide groups is 1. The Labute approximate surface area is 163 Å². The molecule has 2 N–H and O–H groups in total. The van der Waals surface area contributed by atoms with Gasteiger partial charge in [-0.15, -0.1) is 0 Å². The first-order chi connectivity index (χ1) is 12.6. The van der Waals surface area contributed by atoms with E-state index in [1.165, 1.54) is 6.92 Å². The maximum Gasteiger partial charge on any atom is 0.430 e. The van der Waals surface area contributed by atoms with E-state index in [0.29, 0.717) is 5.01 Å². The average Bonchev–Trinajstić information content (AvgIpc) is 2.76. The molecule has 0 bridgehead atoms. The maximum atomic E-state index is 12.7. The summed E-state index contributed by atoms with van der Waals surface area (Å²) in [6, 6.07) is 0. The smallest absolute Gasteiger partial charge is 0.430 e. The molecule has 0 aromatic heterocycles. The van der Waals surface area contributed by atoms with E-state index in [2.05, 4.69) is 5.43 Å². The van der Waals surface area contributed by atoms with Crippen molar-refractivity contribution in [1.29, 1.82) is 0 Å². The van der Waals surface area contributed by atoms with Crippen LogP contribution < -0.4 is 10.7 Å². The summed E-state index contributed by atoms with van der Waals surface area (Å²) in [6.07, 6.45) is -3.12. The topological polar surface area (TPSA) is 140 Å². The molecule has 158 valence electrons. The van der Waals surface area contributed by atoms with Crippen LogP contribution in [0.1, 0.15) is 54.9 Å². The third-order valence-electron chi connectivity index (χ3n) is 3.22. The van der Waals surface area contributed by atoms with Gasteiger partial charge in [0.15, 0.2) is 0 Å². The molecule has 0 spiro atoms. The van der Waals surface area contributed by atoms with Crippen LogP contribution in [-0.2, 0) is 28.6 Å². The Morgan fingerprint density at radius 2 is 1.61 bits per heavy atom. The highest BCUT2D eigenvalue weighted by Crippen LogP contribution is 2.28. The molecule has 1 atom stereocenters. The highest BCUT2D eigenvalue weighted by Gasteiger charge is 2.62. The second-order valence-electron chi connectivity index (χ2n) is 8.06. The lowest BCUT2D eigenvalue weighted by Gasteiger charge is -2.36. The number of hydrazine groups is 1. The number of rotatable bonds is 3. The first-order valence-corrected chi connectivity index (χ1v) is 8.66. The molecule has 4 amide bonds. The van der Waals surface area contributed by atoms with Crippen LogP contribution in [0.4, 0.5) is 9.59 Å². The number of hydrogen-bond acceptors (Lipinski definition) is 8. The summed E-state index contributed by atoms with van der Waals surface area (Å²) < 4.78 is 15.2. The van der Waals surface area contributed by atoms with Crippen LogP contribution in [0.3, 0.4) is 0 Å². The predicted octanol–water partition coefficient (Wildman–Crippen LogP) is 1.01. The fraction of sp³-hybridized carbons (Fsp3) is 0.706. The first kappa shape index (κ1) is 23.2. The highest BCUT2D eigenvalue weighted by molar-refractivity contribution is 6.21. The molecule has 1 fully saturated rings. The summed E-state index contributed by atoms with van der Waals surface area (Å²) in [7, 11) is 0. The molecule has 11 heteroatoms. The number of ether oxygens (including phenoxy) is 3. The van der Waals surface area contributed by atoms with E-state index in [0.717, 1.165) is 0 Å². The minimum atomic E-state index is -2.47. The number of carbonyl (C=O) groups is 5. The van der Waals surface area contributed by atoms with Gasteiger partial charge in [0.25, 0.3) is 11.4 Å². The molecule has 11 nitrogen and oxygen atoms in total. The normalized spacial score (nSPS) is 19.5. The number of nitrogens with one attached hydrogen (secondary N) is 2. The van der Waals surface area contributed by atoms with Gasteiger partial charge in [0.1, 0.15) is 11.2 Å². The second kappa shape index (κ2) is 8.03. The standard InChI is InChI=1S/C17H27N3O8/c1-8-26-12(23)17(9-10(21)18-11(17)22)20(14(25)28-16(5,6)7)19-13(24)27-15(2,3)4/h8-9H2,1-7H3,(H,19,24)(H,18,21,22)/t17-/m0/s1. The van der Waals surface area contributed by atoms with Gasteiger partial charge in [0.2, 0.25) is 5.91 Å². The van der Waals surface area contributed by atoms with Gasteiger partial charge in [-0.1, -0.05) is 0 Å². The van der Waals surface area contributed by atoms with Crippen LogP contribution in [0.15, 0.2) is 0 Å². The average molecular weight is 401 g/mol. The van der Waals surface area contributed by atoms with E-state index in [-0.39, 0.29) is 6.61 Å². The van der Waals surface area contributed by atoms with Gasteiger partial charge in [0.05, 0.1) is 13.0 Å². The molecular weight excluding hydrogens is 374 g/mol. The SMILES string of the molecule is CCOC(=O)[C@]1(N(NC(=O)OC(C)(C)C)C(=O)OC(C)(C)C)CC(=O)NC1=O. The highest BCUT2D eigenvalue weighted by atomic mass is 16.6. The van der Waals surface area contributed by atoms with Crippen molar-refractivity contribution in [3.63, 3.8) is 0 Å². The zero-order chi connectivity index (χ0) is 21.9. The Balaban J connectivity index is 3.41. The molecule has 1 aliphatic heterocycles. The number of hydrogen-bond donors (Lipinski definition) is 2. The van der Waals surface area contributed by atoms with E-state index < -0.39 is 53.1 Å². The van der Waals surface area contributed by atoms with E-state index in [1.807, 2.05) is 5.32 Å². The largest absolute Gasteiger partial charge is 0.464 e. The summed E-state index contributed by atoms with van der Waals surface area (Å²) in [4.78, 5) is 62.0. The number of carbonyl (C=O) groups excluding carboxylic acids is 5. The van der Waals surface area contributed by atoms with Crippen LogP contribution in [0.2, 0.25) is 0 Å². The second-order valence-corrected chi connectivity index (χ2v) is 8.06. The molecule has 0 aromatic carbocycles. The van der Waals surface area contributed by atoms with Crippen molar-refractivity contribution in [2.45, 2.75) is 71.6 Å². The van der Waals surface area contributed by atoms with Gasteiger partial charge in [-0.3, -0.25) is 14.9 Å². The van der Waals surface area contributed by atoms with Crippen LogP contribution in [-0.4, -0.2) is 58.3 Å². The van der Waals surface area contributed by atoms with E-state index in [9.17, 15) is 24.0 Å². The quantitative estimate of drug-likeness (QED) is 0.235. The summed E-state index contributed by atoms with van der Waals surface area (Å²) >= 11 is 0. The van der Waals surface area contributed by atoms with E-state index >= 15 is 0 Å². The number of esters is 1. The van der Waals surface area contributed by atoms with Gasteiger partial charge in [-0.25, -0.2) is 19.8 Å². The summed E-state index contributed by atoms with van der Waals surface area (Å²) in [5.74, 6) is -3.14. The molecule has 28 heavy (non-hydrogen) atoms. The molecule has 0 saturated carbocycles. The molecule has 1 aliphatic rings. The lowest BCUT2D eigenvalue weighted by atomic mass is 9.97. The molecule has 0 radical (unpaired) electrons. The van der Waals surface area contributed by atoms with Crippen LogP contribution in [0.5, 0.6) is 0 Å². The fourth-order valence-corrected chi connectivity index (χ4v) is 2.27. The van der Waals surface area contributed by atoms with Gasteiger partial charge in [-0.05, 0) is 48.5 Å². The lowest BCUT2D eigenvalue weighted by Crippen LogP contribution is -2.68.